The number of nitrogens with zero attached hydrogens (tertiary/aromatic N) is 2. The minimum absolute atomic E-state index is 0.569. The van der Waals surface area contributed by atoms with Gasteiger partial charge >= 0.3 is 0 Å². The second kappa shape index (κ2) is 6.36. The molecule has 1 N–H and O–H groups in total. The molecule has 0 spiro atoms. The molecule has 0 amide bonds. The Morgan fingerprint density at radius 3 is 2.33 bits per heavy atom. The highest BCUT2D eigenvalue weighted by Gasteiger charge is 2.30. The zero-order valence-corrected chi connectivity index (χ0v) is 12.5. The van der Waals surface area contributed by atoms with E-state index < -0.39 is 0 Å². The quantitative estimate of drug-likeness (QED) is 0.822. The fourth-order valence-electron chi connectivity index (χ4n) is 3.57. The Morgan fingerprint density at radius 1 is 1.17 bits per heavy atom. The first kappa shape index (κ1) is 14.3. The van der Waals surface area contributed by atoms with Crippen molar-refractivity contribution in [1.29, 1.82) is 0 Å². The molecular formula is C15H31N3. The molecule has 2 fully saturated rings. The molecule has 2 aliphatic heterocycles. The van der Waals surface area contributed by atoms with Crippen molar-refractivity contribution in [2.75, 3.05) is 53.4 Å². The van der Waals surface area contributed by atoms with E-state index >= 15 is 0 Å². The summed E-state index contributed by atoms with van der Waals surface area (Å²) in [5.74, 6) is 0.928. The van der Waals surface area contributed by atoms with Crippen molar-refractivity contribution >= 4 is 0 Å². The summed E-state index contributed by atoms with van der Waals surface area (Å²) in [6.07, 6.45) is 5.49. The maximum atomic E-state index is 3.48. The first-order valence-electron chi connectivity index (χ1n) is 7.65. The van der Waals surface area contributed by atoms with Crippen LogP contribution in [-0.4, -0.2) is 63.2 Å². The average molecular weight is 253 g/mol. The molecule has 2 saturated heterocycles. The summed E-state index contributed by atoms with van der Waals surface area (Å²) in [6.45, 7) is 10.2. The summed E-state index contributed by atoms with van der Waals surface area (Å²) in [6, 6.07) is 0. The highest BCUT2D eigenvalue weighted by molar-refractivity contribution is 4.85. The minimum atomic E-state index is 0.569. The van der Waals surface area contributed by atoms with E-state index in [1.807, 2.05) is 0 Å². The summed E-state index contributed by atoms with van der Waals surface area (Å²) >= 11 is 0. The van der Waals surface area contributed by atoms with Gasteiger partial charge in [-0.25, -0.2) is 0 Å². The van der Waals surface area contributed by atoms with Crippen LogP contribution < -0.4 is 5.32 Å². The Hall–Kier alpha value is -0.120. The van der Waals surface area contributed by atoms with Crippen molar-refractivity contribution in [2.24, 2.45) is 11.3 Å². The normalized spacial score (nSPS) is 26.7. The third-order valence-corrected chi connectivity index (χ3v) is 4.75. The van der Waals surface area contributed by atoms with Crippen molar-refractivity contribution in [1.82, 2.24) is 15.1 Å². The average Bonchev–Trinajstić information content (AvgIpc) is 2.31. The summed E-state index contributed by atoms with van der Waals surface area (Å²) < 4.78 is 0. The van der Waals surface area contributed by atoms with E-state index in [2.05, 4.69) is 36.1 Å². The van der Waals surface area contributed by atoms with E-state index in [0.29, 0.717) is 5.41 Å². The highest BCUT2D eigenvalue weighted by atomic mass is 15.1. The predicted octanol–water partition coefficient (Wildman–Crippen LogP) is 1.65. The number of rotatable bonds is 4. The number of piperidine rings is 2. The van der Waals surface area contributed by atoms with Gasteiger partial charge in [0.2, 0.25) is 0 Å². The van der Waals surface area contributed by atoms with Crippen molar-refractivity contribution < 1.29 is 0 Å². The van der Waals surface area contributed by atoms with Crippen LogP contribution in [0.1, 0.15) is 32.6 Å². The molecule has 0 aromatic carbocycles. The van der Waals surface area contributed by atoms with Gasteiger partial charge in [-0.1, -0.05) is 6.92 Å². The molecule has 18 heavy (non-hydrogen) atoms. The molecule has 106 valence electrons. The van der Waals surface area contributed by atoms with Crippen LogP contribution in [0.5, 0.6) is 0 Å². The van der Waals surface area contributed by atoms with Crippen LogP contribution in [0, 0.1) is 11.3 Å². The first-order valence-corrected chi connectivity index (χ1v) is 7.65. The third-order valence-electron chi connectivity index (χ3n) is 4.75. The maximum Gasteiger partial charge on any atom is 0.00363 e. The Morgan fingerprint density at radius 2 is 1.78 bits per heavy atom. The molecule has 0 unspecified atom stereocenters. The van der Waals surface area contributed by atoms with Gasteiger partial charge in [0.15, 0.2) is 0 Å². The van der Waals surface area contributed by atoms with E-state index in [9.17, 15) is 0 Å². The lowest BCUT2D eigenvalue weighted by atomic mass is 9.80. The molecular weight excluding hydrogens is 222 g/mol. The largest absolute Gasteiger partial charge is 0.317 e. The van der Waals surface area contributed by atoms with E-state index in [0.717, 1.165) is 5.92 Å². The fourth-order valence-corrected chi connectivity index (χ4v) is 3.57. The monoisotopic (exact) mass is 253 g/mol. The highest BCUT2D eigenvalue weighted by Crippen LogP contribution is 2.30. The van der Waals surface area contributed by atoms with E-state index in [1.54, 1.807) is 0 Å². The van der Waals surface area contributed by atoms with Crippen molar-refractivity contribution in [3.05, 3.63) is 0 Å². The van der Waals surface area contributed by atoms with E-state index in [1.165, 1.54) is 65.0 Å². The smallest absolute Gasteiger partial charge is 0.00363 e. The lowest BCUT2D eigenvalue weighted by Gasteiger charge is -2.41. The molecule has 3 heteroatoms. The molecule has 0 aliphatic carbocycles. The van der Waals surface area contributed by atoms with Crippen LogP contribution in [0.2, 0.25) is 0 Å². The number of likely N-dealkylation sites (tertiary alicyclic amines) is 1. The second-order valence-corrected chi connectivity index (χ2v) is 7.04. The first-order chi connectivity index (χ1) is 8.57. The summed E-state index contributed by atoms with van der Waals surface area (Å²) in [4.78, 5) is 5.06. The topological polar surface area (TPSA) is 18.5 Å². The van der Waals surface area contributed by atoms with Crippen LogP contribution in [0.25, 0.3) is 0 Å². The fraction of sp³-hybridized carbons (Fsp3) is 1.00. The Bertz CT molecular complexity index is 238. The molecule has 0 aromatic rings. The number of nitrogens with one attached hydrogen (secondary N) is 1. The molecule has 0 aromatic heterocycles. The second-order valence-electron chi connectivity index (χ2n) is 7.04. The molecule has 2 rings (SSSR count). The molecule has 0 saturated carbocycles. The molecule has 0 bridgehead atoms. The minimum Gasteiger partial charge on any atom is -0.317 e. The van der Waals surface area contributed by atoms with Gasteiger partial charge in [-0.3, -0.25) is 0 Å². The summed E-state index contributed by atoms with van der Waals surface area (Å²) in [5.41, 5.74) is 0.569. The zero-order valence-electron chi connectivity index (χ0n) is 12.5. The molecule has 2 aliphatic rings. The van der Waals surface area contributed by atoms with Crippen molar-refractivity contribution in [3.63, 3.8) is 0 Å². The molecule has 0 atom stereocenters. The lowest BCUT2D eigenvalue weighted by molar-refractivity contribution is 0.0906. The van der Waals surface area contributed by atoms with Crippen LogP contribution >= 0.6 is 0 Å². The SMILES string of the molecule is CN(C)CC1CCN(CC2(C)CCNCC2)CC1. The van der Waals surface area contributed by atoms with E-state index in [-0.39, 0.29) is 0 Å². The van der Waals surface area contributed by atoms with Crippen LogP contribution in [0.4, 0.5) is 0 Å². The van der Waals surface area contributed by atoms with Gasteiger partial charge in [-0.2, -0.15) is 0 Å². The third kappa shape index (κ3) is 4.22. The van der Waals surface area contributed by atoms with Gasteiger partial charge in [0.25, 0.3) is 0 Å². The van der Waals surface area contributed by atoms with Gasteiger partial charge < -0.3 is 15.1 Å². The van der Waals surface area contributed by atoms with Gasteiger partial charge in [0.1, 0.15) is 0 Å². The molecule has 0 radical (unpaired) electrons. The number of hydrogen-bond acceptors (Lipinski definition) is 3. The van der Waals surface area contributed by atoms with Gasteiger partial charge in [-0.15, -0.1) is 0 Å². The zero-order chi connectivity index (χ0) is 13.0. The van der Waals surface area contributed by atoms with Crippen LogP contribution in [0.3, 0.4) is 0 Å². The van der Waals surface area contributed by atoms with E-state index in [4.69, 9.17) is 0 Å². The maximum absolute atomic E-state index is 3.48. The van der Waals surface area contributed by atoms with Gasteiger partial charge in [-0.05, 0) is 77.3 Å². The van der Waals surface area contributed by atoms with Gasteiger partial charge in [0.05, 0.1) is 0 Å². The Balaban J connectivity index is 1.72. The molecule has 3 nitrogen and oxygen atoms in total. The molecule has 2 heterocycles. The summed E-state index contributed by atoms with van der Waals surface area (Å²) in [7, 11) is 4.39. The predicted molar refractivity (Wildman–Crippen MR) is 77.9 cm³/mol. The van der Waals surface area contributed by atoms with Crippen molar-refractivity contribution in [2.45, 2.75) is 32.6 Å². The summed E-state index contributed by atoms with van der Waals surface area (Å²) in [5, 5.41) is 3.48. The van der Waals surface area contributed by atoms with Gasteiger partial charge in [0, 0.05) is 13.1 Å². The standard InChI is InChI=1S/C15H31N3/c1-15(6-8-16-9-7-15)13-18-10-4-14(5-11-18)12-17(2)3/h14,16H,4-13H2,1-3H3. The van der Waals surface area contributed by atoms with Crippen LogP contribution in [0.15, 0.2) is 0 Å². The van der Waals surface area contributed by atoms with Crippen LogP contribution in [-0.2, 0) is 0 Å². The lowest BCUT2D eigenvalue weighted by Crippen LogP contribution is -2.46. The Kier molecular flexibility index (Phi) is 5.05. The Labute approximate surface area is 113 Å². The van der Waals surface area contributed by atoms with Crippen molar-refractivity contribution in [3.8, 4) is 0 Å². The number of hydrogen-bond donors (Lipinski definition) is 1.